The Morgan fingerprint density at radius 3 is 2.33 bits per heavy atom. The number of quaternary nitrogens is 1. The van der Waals surface area contributed by atoms with Crippen molar-refractivity contribution in [3.63, 3.8) is 0 Å². The van der Waals surface area contributed by atoms with Gasteiger partial charge in [0.1, 0.15) is 6.54 Å². The molecule has 0 unspecified atom stereocenters. The van der Waals surface area contributed by atoms with Crippen LogP contribution in [-0.2, 0) is 9.53 Å². The molecule has 3 nitrogen and oxygen atoms in total. The highest BCUT2D eigenvalue weighted by Crippen LogP contribution is 2.19. The first-order valence-corrected chi connectivity index (χ1v) is 7.15. The molecule has 1 aliphatic heterocycles. The predicted molar refractivity (Wildman–Crippen MR) is 72.3 cm³/mol. The summed E-state index contributed by atoms with van der Waals surface area (Å²) in [6.07, 6.45) is 5.50. The van der Waals surface area contributed by atoms with E-state index < -0.39 is 5.60 Å². The largest absolute Gasteiger partial charge is 0.446 e. The first-order valence-electron chi connectivity index (χ1n) is 7.15. The van der Waals surface area contributed by atoms with Gasteiger partial charge in [-0.15, -0.1) is 0 Å². The molecule has 0 atom stereocenters. The van der Waals surface area contributed by atoms with Crippen LogP contribution in [0.2, 0.25) is 0 Å². The zero-order chi connectivity index (χ0) is 13.4. The molecule has 102 valence electrons. The lowest BCUT2D eigenvalue weighted by atomic mass is 9.98. The summed E-state index contributed by atoms with van der Waals surface area (Å²) in [5.41, 5.74) is -0.568. The molecule has 0 radical (unpaired) electrons. The summed E-state index contributed by atoms with van der Waals surface area (Å²) in [7, 11) is 0. The van der Waals surface area contributed by atoms with Crippen molar-refractivity contribution >= 4 is 5.97 Å². The van der Waals surface area contributed by atoms with E-state index in [9.17, 15) is 4.79 Å². The number of likely N-dealkylation sites (tertiary alicyclic amines) is 1. The van der Waals surface area contributed by atoms with Gasteiger partial charge in [-0.2, -0.15) is 0 Å². The van der Waals surface area contributed by atoms with Crippen molar-refractivity contribution in [2.75, 3.05) is 19.6 Å². The van der Waals surface area contributed by atoms with Gasteiger partial charge in [0, 0.05) is 6.92 Å². The first kappa shape index (κ1) is 15.0. The molecule has 1 N–H and O–H groups in total. The Bertz CT molecular complexity index is 317. The predicted octanol–water partition coefficient (Wildman–Crippen LogP) is 1.18. The maximum atomic E-state index is 11.1. The highest BCUT2D eigenvalue weighted by molar-refractivity contribution is 5.67. The summed E-state index contributed by atoms with van der Waals surface area (Å²) in [5.74, 6) is 6.20. The number of nitrogens with one attached hydrogen (secondary N) is 1. The fourth-order valence-electron chi connectivity index (χ4n) is 2.43. The Kier molecular flexibility index (Phi) is 6.21. The average molecular weight is 252 g/mol. The molecule has 0 aromatic carbocycles. The maximum Gasteiger partial charge on any atom is 0.304 e. The molecule has 1 aliphatic rings. The second-order valence-electron chi connectivity index (χ2n) is 5.08. The van der Waals surface area contributed by atoms with Crippen LogP contribution >= 0.6 is 0 Å². The quantitative estimate of drug-likeness (QED) is 0.602. The number of hydrogen-bond donors (Lipinski definition) is 1. The van der Waals surface area contributed by atoms with Gasteiger partial charge in [-0.1, -0.05) is 13.8 Å². The highest BCUT2D eigenvalue weighted by atomic mass is 16.6. The van der Waals surface area contributed by atoms with Crippen molar-refractivity contribution in [2.24, 2.45) is 0 Å². The Labute approximate surface area is 111 Å². The van der Waals surface area contributed by atoms with E-state index in [0.29, 0.717) is 0 Å². The van der Waals surface area contributed by atoms with Crippen molar-refractivity contribution in [1.29, 1.82) is 0 Å². The summed E-state index contributed by atoms with van der Waals surface area (Å²) in [5, 5.41) is 0. The number of rotatable bonds is 4. The van der Waals surface area contributed by atoms with Crippen LogP contribution in [0.4, 0.5) is 0 Å². The van der Waals surface area contributed by atoms with Crippen LogP contribution in [0.25, 0.3) is 0 Å². The smallest absolute Gasteiger partial charge is 0.304 e. The van der Waals surface area contributed by atoms with Crippen molar-refractivity contribution in [3.8, 4) is 11.8 Å². The number of piperidine rings is 1. The van der Waals surface area contributed by atoms with Crippen LogP contribution in [0.5, 0.6) is 0 Å². The van der Waals surface area contributed by atoms with Gasteiger partial charge in [0.2, 0.25) is 0 Å². The molecule has 0 spiro atoms. The molecule has 1 fully saturated rings. The molecule has 0 aromatic heterocycles. The van der Waals surface area contributed by atoms with Gasteiger partial charge < -0.3 is 9.64 Å². The minimum absolute atomic E-state index is 0.238. The summed E-state index contributed by atoms with van der Waals surface area (Å²) in [4.78, 5) is 12.7. The fourth-order valence-corrected chi connectivity index (χ4v) is 2.43. The maximum absolute atomic E-state index is 11.1. The summed E-state index contributed by atoms with van der Waals surface area (Å²) in [6.45, 7) is 8.84. The van der Waals surface area contributed by atoms with Gasteiger partial charge in [0.15, 0.2) is 5.60 Å². The second-order valence-corrected chi connectivity index (χ2v) is 5.08. The number of esters is 1. The van der Waals surface area contributed by atoms with Gasteiger partial charge in [0.25, 0.3) is 0 Å². The Morgan fingerprint density at radius 2 is 1.83 bits per heavy atom. The third-order valence-corrected chi connectivity index (χ3v) is 3.70. The Balaban J connectivity index is 2.56. The first-order chi connectivity index (χ1) is 8.62. The average Bonchev–Trinajstić information content (AvgIpc) is 2.38. The van der Waals surface area contributed by atoms with Crippen molar-refractivity contribution in [3.05, 3.63) is 0 Å². The van der Waals surface area contributed by atoms with Crippen LogP contribution in [0, 0.1) is 11.8 Å². The zero-order valence-electron chi connectivity index (χ0n) is 12.0. The van der Waals surface area contributed by atoms with Crippen molar-refractivity contribution < 1.29 is 14.4 Å². The molecule has 1 heterocycles. The highest BCUT2D eigenvalue weighted by Gasteiger charge is 2.27. The lowest BCUT2D eigenvalue weighted by molar-refractivity contribution is -0.897. The van der Waals surface area contributed by atoms with E-state index in [1.54, 1.807) is 4.90 Å². The Morgan fingerprint density at radius 1 is 1.22 bits per heavy atom. The van der Waals surface area contributed by atoms with Crippen LogP contribution < -0.4 is 4.90 Å². The molecule has 0 amide bonds. The number of ether oxygens (including phenoxy) is 1. The lowest BCUT2D eigenvalue weighted by Gasteiger charge is -2.25. The van der Waals surface area contributed by atoms with E-state index in [1.807, 2.05) is 13.8 Å². The van der Waals surface area contributed by atoms with Crippen molar-refractivity contribution in [1.82, 2.24) is 0 Å². The van der Waals surface area contributed by atoms with E-state index in [-0.39, 0.29) is 5.97 Å². The summed E-state index contributed by atoms with van der Waals surface area (Å²) >= 11 is 0. The second kappa shape index (κ2) is 7.43. The molecular weight excluding hydrogens is 226 g/mol. The molecule has 0 aromatic rings. The van der Waals surface area contributed by atoms with Gasteiger partial charge >= 0.3 is 5.97 Å². The van der Waals surface area contributed by atoms with E-state index >= 15 is 0 Å². The normalized spacial score (nSPS) is 16.8. The summed E-state index contributed by atoms with van der Waals surface area (Å²) in [6, 6.07) is 0. The minimum Gasteiger partial charge on any atom is -0.446 e. The molecule has 3 heteroatoms. The third kappa shape index (κ3) is 4.70. The van der Waals surface area contributed by atoms with Gasteiger partial charge in [-0.3, -0.25) is 4.79 Å². The number of carbonyl (C=O) groups excluding carboxylic acids is 1. The summed E-state index contributed by atoms with van der Waals surface area (Å²) < 4.78 is 5.40. The topological polar surface area (TPSA) is 30.7 Å². The van der Waals surface area contributed by atoms with E-state index in [1.165, 1.54) is 39.3 Å². The fraction of sp³-hybridized carbons (Fsp3) is 0.800. The minimum atomic E-state index is -0.568. The van der Waals surface area contributed by atoms with Gasteiger partial charge in [0.05, 0.1) is 13.1 Å². The molecular formula is C15H26NO2+. The van der Waals surface area contributed by atoms with Crippen LogP contribution in [0.3, 0.4) is 0 Å². The molecule has 0 saturated carbocycles. The van der Waals surface area contributed by atoms with E-state index in [4.69, 9.17) is 4.74 Å². The van der Waals surface area contributed by atoms with Crippen LogP contribution in [0.1, 0.15) is 52.9 Å². The number of hydrogen-bond acceptors (Lipinski definition) is 2. The van der Waals surface area contributed by atoms with Gasteiger partial charge in [-0.05, 0) is 43.9 Å². The van der Waals surface area contributed by atoms with Crippen molar-refractivity contribution in [2.45, 2.75) is 58.5 Å². The SMILES string of the molecule is CCC(C#CC[NH+]1CCCCC1)(CC)OC(C)=O. The zero-order valence-corrected chi connectivity index (χ0v) is 12.0. The molecule has 18 heavy (non-hydrogen) atoms. The van der Waals surface area contributed by atoms with E-state index in [2.05, 4.69) is 11.8 Å². The lowest BCUT2D eigenvalue weighted by Crippen LogP contribution is -3.12. The Hall–Kier alpha value is -1.01. The molecule has 0 bridgehead atoms. The monoisotopic (exact) mass is 252 g/mol. The van der Waals surface area contributed by atoms with E-state index in [0.717, 1.165) is 19.4 Å². The third-order valence-electron chi connectivity index (χ3n) is 3.70. The molecule has 1 saturated heterocycles. The number of carbonyl (C=O) groups is 1. The van der Waals surface area contributed by atoms with Crippen LogP contribution in [0.15, 0.2) is 0 Å². The standard InChI is InChI=1S/C15H25NO2/c1-4-15(5-2,18-14(3)17)10-9-13-16-11-7-6-8-12-16/h4-8,11-13H2,1-3H3/p+1. The molecule has 0 aliphatic carbocycles. The van der Waals surface area contributed by atoms with Crippen LogP contribution in [-0.4, -0.2) is 31.2 Å². The molecule has 1 rings (SSSR count). The van der Waals surface area contributed by atoms with Gasteiger partial charge in [-0.25, -0.2) is 0 Å².